The molecule has 0 atom stereocenters. The fraction of sp³-hybridized carbons (Fsp3) is 0.100. The first kappa shape index (κ1) is 14.7. The number of halogens is 4. The topological polar surface area (TPSA) is 79.0 Å². The zero-order valence-corrected chi connectivity index (χ0v) is 11.0. The minimum atomic E-state index is -5.65. The van der Waals surface area contributed by atoms with Crippen molar-refractivity contribution in [3.8, 4) is 0 Å². The molecule has 0 unspecified atom stereocenters. The first-order chi connectivity index (χ1) is 9.10. The van der Waals surface area contributed by atoms with Crippen molar-refractivity contribution in [2.75, 3.05) is 4.72 Å². The van der Waals surface area contributed by atoms with Crippen LogP contribution in [0.2, 0.25) is 5.02 Å². The van der Waals surface area contributed by atoms with Crippen LogP contribution in [0.5, 0.6) is 0 Å². The van der Waals surface area contributed by atoms with Crippen molar-refractivity contribution < 1.29 is 21.6 Å². The number of aromatic amines is 1. The summed E-state index contributed by atoms with van der Waals surface area (Å²) in [6.07, 6.45) is 0. The van der Waals surface area contributed by atoms with Crippen molar-refractivity contribution in [1.82, 2.24) is 4.98 Å². The second-order valence-electron chi connectivity index (χ2n) is 3.79. The lowest BCUT2D eigenvalue weighted by molar-refractivity contribution is -0.0429. The highest BCUT2D eigenvalue weighted by Gasteiger charge is 2.46. The number of benzene rings is 1. The third-order valence-electron chi connectivity index (χ3n) is 2.36. The van der Waals surface area contributed by atoms with E-state index in [9.17, 15) is 26.4 Å². The van der Waals surface area contributed by atoms with Gasteiger partial charge < -0.3 is 4.98 Å². The largest absolute Gasteiger partial charge is 0.516 e. The standard InChI is InChI=1S/C10H6ClF3N2O3S/c11-6-2-1-5-3-8(9(17)15-7(5)4-6)16-20(18,19)10(12,13)14/h1-4,16H,(H,15,17). The maximum absolute atomic E-state index is 12.2. The van der Waals surface area contributed by atoms with Crippen LogP contribution in [0.1, 0.15) is 0 Å². The quantitative estimate of drug-likeness (QED) is 0.889. The maximum atomic E-state index is 12.2. The van der Waals surface area contributed by atoms with E-state index in [1.807, 2.05) is 0 Å². The lowest BCUT2D eigenvalue weighted by Gasteiger charge is -2.10. The smallest absolute Gasteiger partial charge is 0.320 e. The zero-order chi connectivity index (χ0) is 15.1. The normalized spacial score (nSPS) is 12.6. The predicted molar refractivity (Wildman–Crippen MR) is 68.2 cm³/mol. The van der Waals surface area contributed by atoms with Crippen molar-refractivity contribution in [3.63, 3.8) is 0 Å². The molecule has 1 aromatic carbocycles. The van der Waals surface area contributed by atoms with Crippen LogP contribution in [0, 0.1) is 0 Å². The summed E-state index contributed by atoms with van der Waals surface area (Å²) in [6.45, 7) is 0. The summed E-state index contributed by atoms with van der Waals surface area (Å²) in [5.41, 5.74) is -6.96. The Hall–Kier alpha value is -1.74. The Morgan fingerprint density at radius 2 is 1.85 bits per heavy atom. The van der Waals surface area contributed by atoms with Crippen molar-refractivity contribution in [2.45, 2.75) is 5.51 Å². The van der Waals surface area contributed by atoms with Gasteiger partial charge in [-0.1, -0.05) is 17.7 Å². The van der Waals surface area contributed by atoms with Crippen LogP contribution in [0.3, 0.4) is 0 Å². The van der Waals surface area contributed by atoms with Crippen LogP contribution in [0.4, 0.5) is 18.9 Å². The fourth-order valence-electron chi connectivity index (χ4n) is 1.45. The Morgan fingerprint density at radius 1 is 1.20 bits per heavy atom. The monoisotopic (exact) mass is 326 g/mol. The highest BCUT2D eigenvalue weighted by Crippen LogP contribution is 2.25. The van der Waals surface area contributed by atoms with E-state index in [2.05, 4.69) is 4.98 Å². The summed E-state index contributed by atoms with van der Waals surface area (Å²) in [5.74, 6) is 0. The average molecular weight is 327 g/mol. The second-order valence-corrected chi connectivity index (χ2v) is 5.91. The number of nitrogens with one attached hydrogen (secondary N) is 2. The molecular formula is C10H6ClF3N2O3S. The lowest BCUT2D eigenvalue weighted by atomic mass is 10.2. The molecule has 0 spiro atoms. The molecule has 1 aromatic heterocycles. The van der Waals surface area contributed by atoms with E-state index >= 15 is 0 Å². The molecule has 0 aliphatic rings. The molecule has 108 valence electrons. The number of rotatable bonds is 2. The Morgan fingerprint density at radius 3 is 2.45 bits per heavy atom. The number of fused-ring (bicyclic) bond motifs is 1. The van der Waals surface area contributed by atoms with Crippen molar-refractivity contribution >= 4 is 38.2 Å². The molecule has 0 saturated carbocycles. The molecular weight excluding hydrogens is 321 g/mol. The first-order valence-electron chi connectivity index (χ1n) is 5.02. The molecule has 0 aliphatic heterocycles. The van der Waals surface area contributed by atoms with Gasteiger partial charge in [-0.05, 0) is 18.2 Å². The molecule has 2 aromatic rings. The van der Waals surface area contributed by atoms with Gasteiger partial charge in [0.2, 0.25) is 0 Å². The molecule has 1 heterocycles. The summed E-state index contributed by atoms with van der Waals surface area (Å²) in [7, 11) is -5.65. The Labute approximate surface area is 115 Å². The van der Waals surface area contributed by atoms with Crippen LogP contribution in [-0.4, -0.2) is 18.9 Å². The first-order valence-corrected chi connectivity index (χ1v) is 6.88. The summed E-state index contributed by atoms with van der Waals surface area (Å²) in [5, 5.41) is 0.644. The highest BCUT2D eigenvalue weighted by atomic mass is 35.5. The van der Waals surface area contributed by atoms with E-state index in [1.165, 1.54) is 22.9 Å². The molecule has 10 heteroatoms. The van der Waals surface area contributed by atoms with Gasteiger partial charge >= 0.3 is 15.5 Å². The minimum absolute atomic E-state index is 0.275. The van der Waals surface area contributed by atoms with Gasteiger partial charge in [-0.15, -0.1) is 0 Å². The van der Waals surface area contributed by atoms with E-state index in [1.54, 1.807) is 0 Å². The van der Waals surface area contributed by atoms with Gasteiger partial charge in [0.25, 0.3) is 5.56 Å². The van der Waals surface area contributed by atoms with Gasteiger partial charge in [-0.2, -0.15) is 21.6 Å². The van der Waals surface area contributed by atoms with Crippen LogP contribution < -0.4 is 10.3 Å². The zero-order valence-electron chi connectivity index (χ0n) is 9.45. The average Bonchev–Trinajstić information content (AvgIpc) is 2.28. The number of pyridine rings is 1. The summed E-state index contributed by atoms with van der Waals surface area (Å²) >= 11 is 5.69. The van der Waals surface area contributed by atoms with Crippen LogP contribution in [0.15, 0.2) is 29.1 Å². The van der Waals surface area contributed by atoms with E-state index in [4.69, 9.17) is 11.6 Å². The number of hydrogen-bond acceptors (Lipinski definition) is 3. The molecule has 0 fully saturated rings. The molecule has 0 radical (unpaired) electrons. The SMILES string of the molecule is O=c1[nH]c2cc(Cl)ccc2cc1NS(=O)(=O)C(F)(F)F. The number of alkyl halides is 3. The molecule has 0 bridgehead atoms. The molecule has 0 saturated heterocycles. The van der Waals surface area contributed by atoms with Crippen LogP contribution >= 0.6 is 11.6 Å². The van der Waals surface area contributed by atoms with Gasteiger partial charge in [0.05, 0.1) is 0 Å². The minimum Gasteiger partial charge on any atom is -0.320 e. The van der Waals surface area contributed by atoms with Crippen LogP contribution in [-0.2, 0) is 10.0 Å². The van der Waals surface area contributed by atoms with Crippen molar-refractivity contribution in [1.29, 1.82) is 0 Å². The number of aromatic nitrogens is 1. The molecule has 2 rings (SSSR count). The Balaban J connectivity index is 2.54. The van der Waals surface area contributed by atoms with E-state index in [0.717, 1.165) is 6.07 Å². The summed E-state index contributed by atoms with van der Waals surface area (Å²) < 4.78 is 59.8. The van der Waals surface area contributed by atoms with Crippen molar-refractivity contribution in [3.05, 3.63) is 39.6 Å². The summed E-state index contributed by atoms with van der Waals surface area (Å²) in [4.78, 5) is 13.8. The molecule has 0 aliphatic carbocycles. The number of H-pyrrole nitrogens is 1. The molecule has 2 N–H and O–H groups in total. The number of hydrogen-bond donors (Lipinski definition) is 2. The van der Waals surface area contributed by atoms with E-state index in [-0.39, 0.29) is 5.52 Å². The number of sulfonamides is 1. The Bertz CT molecular complexity index is 830. The fourth-order valence-corrected chi connectivity index (χ4v) is 2.18. The van der Waals surface area contributed by atoms with Crippen LogP contribution in [0.25, 0.3) is 10.9 Å². The predicted octanol–water partition coefficient (Wildman–Crippen LogP) is 2.44. The van der Waals surface area contributed by atoms with E-state index < -0.39 is 26.8 Å². The third-order valence-corrected chi connectivity index (χ3v) is 3.69. The number of anilines is 1. The van der Waals surface area contributed by atoms with E-state index in [0.29, 0.717) is 10.4 Å². The van der Waals surface area contributed by atoms with Gasteiger partial charge in [-0.25, -0.2) is 0 Å². The highest BCUT2D eigenvalue weighted by molar-refractivity contribution is 7.93. The maximum Gasteiger partial charge on any atom is 0.516 e. The molecule has 5 nitrogen and oxygen atoms in total. The van der Waals surface area contributed by atoms with Gasteiger partial charge in [0.15, 0.2) is 0 Å². The Kier molecular flexibility index (Phi) is 3.42. The second kappa shape index (κ2) is 4.67. The third kappa shape index (κ3) is 2.73. The van der Waals surface area contributed by atoms with Gasteiger partial charge in [0.1, 0.15) is 5.69 Å². The van der Waals surface area contributed by atoms with Gasteiger partial charge in [-0.3, -0.25) is 9.52 Å². The molecule has 20 heavy (non-hydrogen) atoms. The lowest BCUT2D eigenvalue weighted by Crippen LogP contribution is -2.32. The molecule has 0 amide bonds. The van der Waals surface area contributed by atoms with Crippen molar-refractivity contribution in [2.24, 2.45) is 0 Å². The summed E-state index contributed by atoms with van der Waals surface area (Å²) in [6, 6.07) is 5.26. The van der Waals surface area contributed by atoms with Gasteiger partial charge in [0, 0.05) is 15.9 Å².